The number of primary amides is 1. The monoisotopic (exact) mass is 432 g/mol. The number of nitrogens with zero attached hydrogens (tertiary/aromatic N) is 3. The summed E-state index contributed by atoms with van der Waals surface area (Å²) in [6.45, 7) is 0. The van der Waals surface area contributed by atoms with Crippen molar-refractivity contribution in [2.24, 2.45) is 11.5 Å². The number of hydrogen-bond acceptors (Lipinski definition) is 8. The molecular weight excluding hydrogens is 404 g/mol. The third-order valence-corrected chi connectivity index (χ3v) is 6.07. The van der Waals surface area contributed by atoms with Gasteiger partial charge in [-0.2, -0.15) is 4.98 Å². The van der Waals surface area contributed by atoms with Crippen LogP contribution in [0.2, 0.25) is 0 Å². The van der Waals surface area contributed by atoms with Crippen LogP contribution in [0.25, 0.3) is 10.9 Å². The molecule has 0 bridgehead atoms. The molecule has 0 aliphatic heterocycles. The number of carbonyl (C=O) groups is 1. The van der Waals surface area contributed by atoms with Crippen LogP contribution in [0.15, 0.2) is 36.5 Å². The smallest absolute Gasteiger partial charge is 0.254 e. The highest BCUT2D eigenvalue weighted by atomic mass is 16.1. The van der Waals surface area contributed by atoms with Gasteiger partial charge in [0.2, 0.25) is 5.95 Å². The standard InChI is InChI=1S/C23H28N8O/c24-17-3-1-2-4-19(17)30-23-26-12-16(21(25)32)22(31-23)28-15-8-9-18-13(11-15)5-10-20(29-18)27-14-6-7-14/h5,8-12,14,17,19H,1-4,6-7,24H2,(H2,25,32)(H,27,29)(H2,26,28,30,31)/t17-,19+/m0/s1. The van der Waals surface area contributed by atoms with E-state index in [1.807, 2.05) is 30.3 Å². The number of nitrogens with two attached hydrogens (primary N) is 2. The summed E-state index contributed by atoms with van der Waals surface area (Å²) in [6.07, 6.45) is 8.07. The van der Waals surface area contributed by atoms with Crippen LogP contribution in [0.3, 0.4) is 0 Å². The molecule has 0 unspecified atom stereocenters. The number of aromatic nitrogens is 3. The highest BCUT2D eigenvalue weighted by Gasteiger charge is 2.23. The van der Waals surface area contributed by atoms with E-state index in [0.717, 1.165) is 48.1 Å². The average Bonchev–Trinajstić information content (AvgIpc) is 3.59. The van der Waals surface area contributed by atoms with Crippen LogP contribution in [0.1, 0.15) is 48.9 Å². The van der Waals surface area contributed by atoms with Crippen molar-refractivity contribution in [3.05, 3.63) is 42.1 Å². The van der Waals surface area contributed by atoms with Gasteiger partial charge >= 0.3 is 0 Å². The Bertz CT molecular complexity index is 1150. The topological polar surface area (TPSA) is 144 Å². The lowest BCUT2D eigenvalue weighted by molar-refractivity contribution is 0.100. The molecule has 2 aliphatic rings. The van der Waals surface area contributed by atoms with Gasteiger partial charge in [0.25, 0.3) is 5.91 Å². The number of fused-ring (bicyclic) bond motifs is 1. The molecule has 2 heterocycles. The molecule has 0 radical (unpaired) electrons. The summed E-state index contributed by atoms with van der Waals surface area (Å²) in [5.41, 5.74) is 13.7. The van der Waals surface area contributed by atoms with Crippen molar-refractivity contribution >= 4 is 40.1 Å². The first-order valence-electron chi connectivity index (χ1n) is 11.2. The molecule has 5 rings (SSSR count). The fourth-order valence-corrected chi connectivity index (χ4v) is 4.09. The quantitative estimate of drug-likeness (QED) is 0.383. The van der Waals surface area contributed by atoms with Crippen LogP contribution < -0.4 is 27.4 Å². The van der Waals surface area contributed by atoms with Gasteiger partial charge in [0.15, 0.2) is 0 Å². The predicted octanol–water partition coefficient (Wildman–Crippen LogP) is 3.12. The average molecular weight is 433 g/mol. The summed E-state index contributed by atoms with van der Waals surface area (Å²) in [7, 11) is 0. The lowest BCUT2D eigenvalue weighted by atomic mass is 9.91. The summed E-state index contributed by atoms with van der Waals surface area (Å²) in [4.78, 5) is 25.4. The zero-order valence-electron chi connectivity index (χ0n) is 17.8. The second-order valence-corrected chi connectivity index (χ2v) is 8.67. The van der Waals surface area contributed by atoms with Gasteiger partial charge in [0, 0.05) is 35.4 Å². The van der Waals surface area contributed by atoms with Crippen LogP contribution in [0, 0.1) is 0 Å². The zero-order valence-corrected chi connectivity index (χ0v) is 17.8. The largest absolute Gasteiger partial charge is 0.367 e. The molecule has 7 N–H and O–H groups in total. The number of carbonyl (C=O) groups excluding carboxylic acids is 1. The normalized spacial score (nSPS) is 20.7. The van der Waals surface area contributed by atoms with E-state index in [9.17, 15) is 4.79 Å². The van der Waals surface area contributed by atoms with Gasteiger partial charge in [-0.1, -0.05) is 12.8 Å². The zero-order chi connectivity index (χ0) is 22.1. The maximum absolute atomic E-state index is 12.0. The molecule has 166 valence electrons. The third kappa shape index (κ3) is 4.57. The second-order valence-electron chi connectivity index (χ2n) is 8.67. The lowest BCUT2D eigenvalue weighted by Gasteiger charge is -2.29. The summed E-state index contributed by atoms with van der Waals surface area (Å²) in [5.74, 6) is 1.09. The number of nitrogens with one attached hydrogen (secondary N) is 3. The second kappa shape index (κ2) is 8.58. The molecule has 0 saturated heterocycles. The van der Waals surface area contributed by atoms with Crippen molar-refractivity contribution in [1.29, 1.82) is 0 Å². The lowest BCUT2D eigenvalue weighted by Crippen LogP contribution is -2.43. The van der Waals surface area contributed by atoms with E-state index in [4.69, 9.17) is 11.5 Å². The van der Waals surface area contributed by atoms with Crippen molar-refractivity contribution < 1.29 is 4.79 Å². The van der Waals surface area contributed by atoms with E-state index >= 15 is 0 Å². The van der Waals surface area contributed by atoms with Gasteiger partial charge in [-0.15, -0.1) is 0 Å². The van der Waals surface area contributed by atoms with Gasteiger partial charge < -0.3 is 27.4 Å². The third-order valence-electron chi connectivity index (χ3n) is 6.07. The van der Waals surface area contributed by atoms with E-state index < -0.39 is 5.91 Å². The molecule has 2 aliphatic carbocycles. The van der Waals surface area contributed by atoms with Crippen LogP contribution in [0.5, 0.6) is 0 Å². The molecule has 0 spiro atoms. The Morgan fingerprint density at radius 3 is 2.62 bits per heavy atom. The maximum Gasteiger partial charge on any atom is 0.254 e. The number of rotatable bonds is 7. The Morgan fingerprint density at radius 1 is 1.00 bits per heavy atom. The van der Waals surface area contributed by atoms with E-state index in [2.05, 4.69) is 30.9 Å². The minimum Gasteiger partial charge on any atom is -0.367 e. The van der Waals surface area contributed by atoms with Crippen LogP contribution >= 0.6 is 0 Å². The van der Waals surface area contributed by atoms with E-state index in [-0.39, 0.29) is 17.6 Å². The molecule has 9 nitrogen and oxygen atoms in total. The van der Waals surface area contributed by atoms with E-state index in [0.29, 0.717) is 17.8 Å². The Morgan fingerprint density at radius 2 is 1.84 bits per heavy atom. The number of pyridine rings is 1. The van der Waals surface area contributed by atoms with Gasteiger partial charge in [-0.05, 0) is 56.0 Å². The number of benzene rings is 1. The predicted molar refractivity (Wildman–Crippen MR) is 126 cm³/mol. The molecule has 2 atom stereocenters. The number of amides is 1. The molecule has 9 heteroatoms. The van der Waals surface area contributed by atoms with Crippen molar-refractivity contribution in [2.45, 2.75) is 56.7 Å². The van der Waals surface area contributed by atoms with Crippen LogP contribution in [-0.2, 0) is 0 Å². The van der Waals surface area contributed by atoms with E-state index in [1.165, 1.54) is 19.0 Å². The summed E-state index contributed by atoms with van der Waals surface area (Å²) >= 11 is 0. The van der Waals surface area contributed by atoms with Crippen LogP contribution in [-0.4, -0.2) is 39.0 Å². The van der Waals surface area contributed by atoms with Gasteiger partial charge in [0.05, 0.1) is 5.52 Å². The summed E-state index contributed by atoms with van der Waals surface area (Å²) in [5, 5.41) is 10.9. The van der Waals surface area contributed by atoms with Crippen LogP contribution in [0.4, 0.5) is 23.3 Å². The van der Waals surface area contributed by atoms with Gasteiger partial charge in [-0.3, -0.25) is 4.79 Å². The molecular formula is C23H28N8O. The summed E-state index contributed by atoms with van der Waals surface area (Å²) < 4.78 is 0. The first kappa shape index (κ1) is 20.4. The molecule has 32 heavy (non-hydrogen) atoms. The van der Waals surface area contributed by atoms with Crippen molar-refractivity contribution in [1.82, 2.24) is 15.0 Å². The highest BCUT2D eigenvalue weighted by Crippen LogP contribution is 2.27. The van der Waals surface area contributed by atoms with Gasteiger partial charge in [-0.25, -0.2) is 9.97 Å². The first-order chi connectivity index (χ1) is 15.5. The molecule has 1 amide bonds. The van der Waals surface area contributed by atoms with Gasteiger partial charge in [0.1, 0.15) is 17.2 Å². The first-order valence-corrected chi connectivity index (χ1v) is 11.2. The molecule has 2 aromatic heterocycles. The number of hydrogen-bond donors (Lipinski definition) is 5. The molecule has 3 aromatic rings. The summed E-state index contributed by atoms with van der Waals surface area (Å²) in [6, 6.07) is 10.6. The minimum atomic E-state index is -0.591. The Labute approximate surface area is 186 Å². The van der Waals surface area contributed by atoms with E-state index in [1.54, 1.807) is 0 Å². The Kier molecular flexibility index (Phi) is 5.48. The fourth-order valence-electron chi connectivity index (χ4n) is 4.09. The Balaban J connectivity index is 1.38. The maximum atomic E-state index is 12.0. The highest BCUT2D eigenvalue weighted by molar-refractivity contribution is 5.98. The SMILES string of the molecule is NC(=O)c1cnc(N[C@@H]2CCCC[C@@H]2N)nc1Nc1ccc2nc(NC3CC3)ccc2c1. The molecule has 2 saturated carbocycles. The number of anilines is 4. The fraction of sp³-hybridized carbons (Fsp3) is 0.391. The van der Waals surface area contributed by atoms with Crippen molar-refractivity contribution in [2.75, 3.05) is 16.0 Å². The minimum absolute atomic E-state index is 0.0619. The molecule has 2 fully saturated rings. The van der Waals surface area contributed by atoms with Crippen molar-refractivity contribution in [3.63, 3.8) is 0 Å². The molecule has 1 aromatic carbocycles. The Hall–Kier alpha value is -3.46. The van der Waals surface area contributed by atoms with Crippen molar-refractivity contribution in [3.8, 4) is 0 Å².